The SMILES string of the molecule is CC.CC(=O)CN=C/C=C(\N)c1ccc(C#N)c(Cl)c1. The predicted molar refractivity (Wildman–Crippen MR) is 83.7 cm³/mol. The van der Waals surface area contributed by atoms with E-state index in [9.17, 15) is 4.79 Å². The first-order valence-corrected chi connectivity index (χ1v) is 6.57. The van der Waals surface area contributed by atoms with Crippen LogP contribution in [-0.2, 0) is 4.79 Å². The number of Topliss-reactive ketones (excluding diaryl/α,β-unsaturated/α-hetero) is 1. The van der Waals surface area contributed by atoms with Gasteiger partial charge in [0.1, 0.15) is 6.07 Å². The Balaban J connectivity index is 0.00000172. The maximum absolute atomic E-state index is 10.7. The highest BCUT2D eigenvalue weighted by molar-refractivity contribution is 6.31. The molecule has 1 aromatic carbocycles. The van der Waals surface area contributed by atoms with E-state index >= 15 is 0 Å². The molecule has 0 unspecified atom stereocenters. The van der Waals surface area contributed by atoms with E-state index in [2.05, 4.69) is 4.99 Å². The van der Waals surface area contributed by atoms with E-state index in [4.69, 9.17) is 22.6 Å². The van der Waals surface area contributed by atoms with Gasteiger partial charge in [-0.3, -0.25) is 9.79 Å². The molecule has 0 spiro atoms. The highest BCUT2D eigenvalue weighted by Crippen LogP contribution is 2.19. The number of nitriles is 1. The van der Waals surface area contributed by atoms with E-state index in [1.165, 1.54) is 13.1 Å². The third kappa shape index (κ3) is 6.17. The molecule has 0 radical (unpaired) electrons. The molecule has 2 N–H and O–H groups in total. The van der Waals surface area contributed by atoms with Crippen molar-refractivity contribution in [2.45, 2.75) is 20.8 Å². The van der Waals surface area contributed by atoms with Crippen LogP contribution >= 0.6 is 11.6 Å². The number of carbonyl (C=O) groups is 1. The van der Waals surface area contributed by atoms with Gasteiger partial charge in [0.05, 0.1) is 17.1 Å². The second kappa shape index (κ2) is 9.76. The molecule has 0 heterocycles. The number of hydrogen-bond acceptors (Lipinski definition) is 4. The number of carbonyl (C=O) groups excluding carboxylic acids is 1. The van der Waals surface area contributed by atoms with Gasteiger partial charge in [0, 0.05) is 11.9 Å². The predicted octanol–water partition coefficient (Wildman–Crippen LogP) is 3.20. The van der Waals surface area contributed by atoms with Crippen molar-refractivity contribution in [3.8, 4) is 6.07 Å². The molecule has 5 heteroatoms. The molecule has 106 valence electrons. The molecule has 0 fully saturated rings. The van der Waals surface area contributed by atoms with Crippen molar-refractivity contribution in [1.82, 2.24) is 0 Å². The van der Waals surface area contributed by atoms with Crippen molar-refractivity contribution in [3.63, 3.8) is 0 Å². The zero-order valence-electron chi connectivity index (χ0n) is 11.9. The van der Waals surface area contributed by atoms with Crippen LogP contribution in [0, 0.1) is 11.3 Å². The summed E-state index contributed by atoms with van der Waals surface area (Å²) in [5, 5.41) is 9.09. The zero-order chi connectivity index (χ0) is 15.5. The van der Waals surface area contributed by atoms with Gasteiger partial charge in [-0.2, -0.15) is 5.26 Å². The Hall–Kier alpha value is -2.12. The van der Waals surface area contributed by atoms with Crippen LogP contribution in [0.25, 0.3) is 5.70 Å². The summed E-state index contributed by atoms with van der Waals surface area (Å²) < 4.78 is 0. The van der Waals surface area contributed by atoms with Crippen LogP contribution in [0.5, 0.6) is 0 Å². The summed E-state index contributed by atoms with van der Waals surface area (Å²) in [7, 11) is 0. The maximum atomic E-state index is 10.7. The van der Waals surface area contributed by atoms with Crippen molar-refractivity contribution >= 4 is 29.3 Å². The Labute approximate surface area is 124 Å². The molecule has 1 rings (SSSR count). The Morgan fingerprint density at radius 2 is 2.15 bits per heavy atom. The molecular weight excluding hydrogens is 274 g/mol. The Morgan fingerprint density at radius 1 is 1.50 bits per heavy atom. The molecule has 0 aromatic heterocycles. The van der Waals surface area contributed by atoms with Crippen molar-refractivity contribution < 1.29 is 4.79 Å². The van der Waals surface area contributed by atoms with Gasteiger partial charge in [0.2, 0.25) is 0 Å². The van der Waals surface area contributed by atoms with Gasteiger partial charge < -0.3 is 5.73 Å². The number of rotatable bonds is 4. The van der Waals surface area contributed by atoms with Crippen molar-refractivity contribution in [1.29, 1.82) is 5.26 Å². The third-order valence-electron chi connectivity index (χ3n) is 2.10. The van der Waals surface area contributed by atoms with Gasteiger partial charge in [0.25, 0.3) is 0 Å². The zero-order valence-corrected chi connectivity index (χ0v) is 12.6. The lowest BCUT2D eigenvalue weighted by Crippen LogP contribution is -1.98. The van der Waals surface area contributed by atoms with Gasteiger partial charge in [0.15, 0.2) is 5.78 Å². The van der Waals surface area contributed by atoms with Gasteiger partial charge in [-0.25, -0.2) is 0 Å². The summed E-state index contributed by atoms with van der Waals surface area (Å²) in [6.45, 7) is 5.60. The number of nitrogens with two attached hydrogens (primary N) is 1. The maximum Gasteiger partial charge on any atom is 0.151 e. The normalized spacial score (nSPS) is 10.7. The minimum Gasteiger partial charge on any atom is -0.398 e. The standard InChI is InChI=1S/C13H12ClN3O.C2H6/c1-9(18)8-17-5-4-13(16)10-2-3-11(7-15)12(14)6-10;1-2/h2-6H,8,16H2,1H3;1-2H3/b13-4-,17-5?;. The summed E-state index contributed by atoms with van der Waals surface area (Å²) in [6, 6.07) is 6.89. The molecule has 0 amide bonds. The first-order valence-electron chi connectivity index (χ1n) is 6.19. The van der Waals surface area contributed by atoms with E-state index in [1.54, 1.807) is 24.3 Å². The van der Waals surface area contributed by atoms with Crippen molar-refractivity contribution in [2.75, 3.05) is 6.54 Å². The topological polar surface area (TPSA) is 79.2 Å². The quantitative estimate of drug-likeness (QED) is 0.865. The van der Waals surface area contributed by atoms with Crippen LogP contribution in [0.4, 0.5) is 0 Å². The largest absolute Gasteiger partial charge is 0.398 e. The average molecular weight is 292 g/mol. The number of aliphatic imine (C=N–C) groups is 1. The second-order valence-corrected chi connectivity index (χ2v) is 4.03. The molecule has 20 heavy (non-hydrogen) atoms. The first kappa shape index (κ1) is 17.9. The lowest BCUT2D eigenvalue weighted by atomic mass is 10.1. The highest BCUT2D eigenvalue weighted by Gasteiger charge is 2.02. The van der Waals surface area contributed by atoms with E-state index in [0.29, 0.717) is 21.8 Å². The molecule has 4 nitrogen and oxygen atoms in total. The summed E-state index contributed by atoms with van der Waals surface area (Å²) in [6.07, 6.45) is 3.06. The molecule has 0 bridgehead atoms. The molecule has 0 saturated heterocycles. The smallest absolute Gasteiger partial charge is 0.151 e. The molecule has 0 atom stereocenters. The van der Waals surface area contributed by atoms with Crippen LogP contribution in [0.1, 0.15) is 31.9 Å². The lowest BCUT2D eigenvalue weighted by molar-refractivity contribution is -0.115. The average Bonchev–Trinajstić information content (AvgIpc) is 2.45. The van der Waals surface area contributed by atoms with Crippen LogP contribution < -0.4 is 5.73 Å². The number of benzene rings is 1. The fourth-order valence-electron chi connectivity index (χ4n) is 1.20. The minimum absolute atomic E-state index is 0.0142. The minimum atomic E-state index is -0.0142. The van der Waals surface area contributed by atoms with Crippen LogP contribution in [0.15, 0.2) is 29.3 Å². The second-order valence-electron chi connectivity index (χ2n) is 3.62. The summed E-state index contributed by atoms with van der Waals surface area (Å²) in [4.78, 5) is 14.5. The fraction of sp³-hybridized carbons (Fsp3) is 0.267. The van der Waals surface area contributed by atoms with Gasteiger partial charge >= 0.3 is 0 Å². The Morgan fingerprint density at radius 3 is 2.65 bits per heavy atom. The summed E-state index contributed by atoms with van der Waals surface area (Å²) in [5.41, 5.74) is 7.39. The van der Waals surface area contributed by atoms with E-state index in [0.717, 1.165) is 0 Å². The highest BCUT2D eigenvalue weighted by atomic mass is 35.5. The van der Waals surface area contributed by atoms with Crippen molar-refractivity contribution in [2.24, 2.45) is 10.7 Å². The third-order valence-corrected chi connectivity index (χ3v) is 2.41. The first-order chi connectivity index (χ1) is 9.54. The number of allylic oxidation sites excluding steroid dienone is 1. The van der Waals surface area contributed by atoms with Gasteiger partial charge in [-0.05, 0) is 30.7 Å². The summed E-state index contributed by atoms with van der Waals surface area (Å²) >= 11 is 5.89. The van der Waals surface area contributed by atoms with E-state index in [1.807, 2.05) is 19.9 Å². The fourth-order valence-corrected chi connectivity index (χ4v) is 1.42. The Kier molecular flexibility index (Phi) is 8.73. The van der Waals surface area contributed by atoms with Crippen molar-refractivity contribution in [3.05, 3.63) is 40.4 Å². The lowest BCUT2D eigenvalue weighted by Gasteiger charge is -2.02. The molecule has 0 aliphatic carbocycles. The van der Waals surface area contributed by atoms with Crippen LogP contribution in [0.2, 0.25) is 5.02 Å². The molecule has 0 aliphatic rings. The number of hydrogen-bond donors (Lipinski definition) is 1. The molecule has 1 aromatic rings. The van der Waals surface area contributed by atoms with Gasteiger partial charge in [-0.15, -0.1) is 0 Å². The molecular formula is C15H18ClN3O. The number of nitrogens with zero attached hydrogens (tertiary/aromatic N) is 2. The number of ketones is 1. The van der Waals surface area contributed by atoms with Gasteiger partial charge in [-0.1, -0.05) is 31.5 Å². The Bertz CT molecular complexity index is 557. The van der Waals surface area contributed by atoms with Crippen LogP contribution in [0.3, 0.4) is 0 Å². The number of halogens is 1. The molecule has 0 saturated carbocycles. The molecule has 0 aliphatic heterocycles. The van der Waals surface area contributed by atoms with Crippen LogP contribution in [-0.4, -0.2) is 18.5 Å². The van der Waals surface area contributed by atoms with E-state index < -0.39 is 0 Å². The summed E-state index contributed by atoms with van der Waals surface area (Å²) in [5.74, 6) is -0.0142. The monoisotopic (exact) mass is 291 g/mol. The van der Waals surface area contributed by atoms with E-state index in [-0.39, 0.29) is 12.3 Å².